The smallest absolute Gasteiger partial charge is 0.407 e. The number of amides is 2. The SMILES string of the molecule is COC(=O)N[C@H](C(=O)NCCC[C@@H]1CNC[C@H]1N(CCC(C)C)S(=O)(=O)c1ccc(N)cc1)C(c1ccccc1)c1ccccc1. The Hall–Kier alpha value is -3.93. The standard InChI is InChI=1S/C35H47N5O5S/c1-25(2)20-22-40(46(43,44)30-18-16-29(36)17-19-30)31-24-37-23-28(31)15-10-21-38-34(41)33(39-35(42)45-3)32(26-11-6-4-7-12-26)27-13-8-5-9-14-27/h4-9,11-14,16-19,25,28,31-33,37H,10,15,20-24,36H2,1-3H3,(H,38,41)(H,39,42)/t28-,31-,33+/m1/s1. The van der Waals surface area contributed by atoms with E-state index in [2.05, 4.69) is 29.8 Å². The monoisotopic (exact) mass is 649 g/mol. The van der Waals surface area contributed by atoms with E-state index in [0.29, 0.717) is 50.6 Å². The molecule has 46 heavy (non-hydrogen) atoms. The van der Waals surface area contributed by atoms with Crippen LogP contribution in [-0.4, -0.2) is 70.1 Å². The van der Waals surface area contributed by atoms with Crippen molar-refractivity contribution >= 4 is 27.7 Å². The minimum atomic E-state index is -3.75. The molecule has 0 unspecified atom stereocenters. The number of anilines is 1. The van der Waals surface area contributed by atoms with Gasteiger partial charge in [0.15, 0.2) is 0 Å². The fourth-order valence-electron chi connectivity index (χ4n) is 6.05. The molecule has 248 valence electrons. The number of methoxy groups -OCH3 is 1. The molecule has 1 heterocycles. The van der Waals surface area contributed by atoms with Crippen LogP contribution in [-0.2, 0) is 19.6 Å². The second-order valence-corrected chi connectivity index (χ2v) is 14.1. The largest absolute Gasteiger partial charge is 0.453 e. The van der Waals surface area contributed by atoms with E-state index in [0.717, 1.165) is 17.5 Å². The number of nitrogens with two attached hydrogens (primary N) is 1. The molecule has 0 aliphatic carbocycles. The Kier molecular flexibility index (Phi) is 12.6. The molecule has 0 spiro atoms. The Morgan fingerprint density at radius 3 is 2.13 bits per heavy atom. The average Bonchev–Trinajstić information content (AvgIpc) is 3.51. The van der Waals surface area contributed by atoms with Crippen molar-refractivity contribution in [3.8, 4) is 0 Å². The molecule has 5 N–H and O–H groups in total. The van der Waals surface area contributed by atoms with Gasteiger partial charge in [0.1, 0.15) is 6.04 Å². The van der Waals surface area contributed by atoms with Gasteiger partial charge >= 0.3 is 6.09 Å². The highest BCUT2D eigenvalue weighted by molar-refractivity contribution is 7.89. The number of ether oxygens (including phenoxy) is 1. The number of carbonyl (C=O) groups excluding carboxylic acids is 2. The zero-order chi connectivity index (χ0) is 33.1. The Labute approximate surface area is 273 Å². The molecule has 4 rings (SSSR count). The summed E-state index contributed by atoms with van der Waals surface area (Å²) in [5, 5.41) is 9.19. The molecule has 2 amide bonds. The summed E-state index contributed by atoms with van der Waals surface area (Å²) >= 11 is 0. The molecule has 1 fully saturated rings. The Bertz CT molecular complexity index is 1460. The fourth-order valence-corrected chi connectivity index (χ4v) is 7.75. The molecule has 1 aliphatic rings. The van der Waals surface area contributed by atoms with Crippen LogP contribution >= 0.6 is 0 Å². The maximum Gasteiger partial charge on any atom is 0.407 e. The van der Waals surface area contributed by atoms with Crippen molar-refractivity contribution in [2.24, 2.45) is 11.8 Å². The summed E-state index contributed by atoms with van der Waals surface area (Å²) in [5.74, 6) is -0.362. The van der Waals surface area contributed by atoms with Crippen LogP contribution in [0, 0.1) is 11.8 Å². The minimum Gasteiger partial charge on any atom is -0.453 e. The molecule has 10 nitrogen and oxygen atoms in total. The van der Waals surface area contributed by atoms with Gasteiger partial charge < -0.3 is 26.4 Å². The topological polar surface area (TPSA) is 143 Å². The number of nitrogen functional groups attached to an aromatic ring is 1. The molecule has 3 aromatic rings. The lowest BCUT2D eigenvalue weighted by Crippen LogP contribution is -2.50. The molecule has 0 aromatic heterocycles. The summed E-state index contributed by atoms with van der Waals surface area (Å²) in [5.41, 5.74) is 8.11. The van der Waals surface area contributed by atoms with Crippen LogP contribution in [0.5, 0.6) is 0 Å². The van der Waals surface area contributed by atoms with Crippen LogP contribution in [0.2, 0.25) is 0 Å². The fraction of sp³-hybridized carbons (Fsp3) is 0.429. The Morgan fingerprint density at radius 1 is 0.957 bits per heavy atom. The second kappa shape index (κ2) is 16.6. The summed E-state index contributed by atoms with van der Waals surface area (Å²) in [7, 11) is -2.47. The Morgan fingerprint density at radius 2 is 1.57 bits per heavy atom. The number of hydrogen-bond acceptors (Lipinski definition) is 7. The number of carbonyl (C=O) groups is 2. The highest BCUT2D eigenvalue weighted by Crippen LogP contribution is 2.30. The quantitative estimate of drug-likeness (QED) is 0.142. The normalized spacial score (nSPS) is 17.3. The van der Waals surface area contributed by atoms with Crippen LogP contribution in [0.25, 0.3) is 0 Å². The molecule has 11 heteroatoms. The third kappa shape index (κ3) is 9.08. The van der Waals surface area contributed by atoms with Crippen molar-refractivity contribution in [2.45, 2.75) is 56.0 Å². The van der Waals surface area contributed by atoms with Crippen LogP contribution in [0.4, 0.5) is 10.5 Å². The molecular weight excluding hydrogens is 602 g/mol. The number of benzene rings is 3. The van der Waals surface area contributed by atoms with E-state index in [-0.39, 0.29) is 22.8 Å². The van der Waals surface area contributed by atoms with Gasteiger partial charge in [-0.1, -0.05) is 74.5 Å². The first-order valence-corrected chi connectivity index (χ1v) is 17.4. The first-order valence-electron chi connectivity index (χ1n) is 15.9. The van der Waals surface area contributed by atoms with Crippen LogP contribution in [0.3, 0.4) is 0 Å². The highest BCUT2D eigenvalue weighted by atomic mass is 32.2. The molecule has 3 atom stereocenters. The zero-order valence-electron chi connectivity index (χ0n) is 26.9. The lowest BCUT2D eigenvalue weighted by atomic mass is 9.84. The van der Waals surface area contributed by atoms with Gasteiger partial charge in [-0.3, -0.25) is 4.79 Å². The molecule has 0 radical (unpaired) electrons. The number of nitrogens with one attached hydrogen (secondary N) is 3. The number of sulfonamides is 1. The van der Waals surface area contributed by atoms with Crippen molar-refractivity contribution in [1.82, 2.24) is 20.3 Å². The number of alkyl carbamates (subject to hydrolysis) is 1. The maximum absolute atomic E-state index is 13.8. The lowest BCUT2D eigenvalue weighted by molar-refractivity contribution is -0.123. The third-order valence-corrected chi connectivity index (χ3v) is 10.5. The number of nitrogens with zero attached hydrogens (tertiary/aromatic N) is 1. The van der Waals surface area contributed by atoms with E-state index in [9.17, 15) is 18.0 Å². The van der Waals surface area contributed by atoms with Gasteiger partial charge in [0.25, 0.3) is 0 Å². The van der Waals surface area contributed by atoms with Crippen LogP contribution < -0.4 is 21.7 Å². The lowest BCUT2D eigenvalue weighted by Gasteiger charge is -2.32. The molecule has 0 saturated carbocycles. The van der Waals surface area contributed by atoms with Gasteiger partial charge in [-0.2, -0.15) is 4.31 Å². The molecule has 1 aliphatic heterocycles. The minimum absolute atomic E-state index is 0.0676. The summed E-state index contributed by atoms with van der Waals surface area (Å²) < 4.78 is 34.2. The average molecular weight is 650 g/mol. The Balaban J connectivity index is 1.46. The van der Waals surface area contributed by atoms with Gasteiger partial charge in [0.2, 0.25) is 15.9 Å². The van der Waals surface area contributed by atoms with Crippen molar-refractivity contribution in [2.75, 3.05) is 39.0 Å². The zero-order valence-corrected chi connectivity index (χ0v) is 27.7. The maximum atomic E-state index is 13.8. The van der Waals surface area contributed by atoms with Crippen LogP contribution in [0.15, 0.2) is 89.8 Å². The van der Waals surface area contributed by atoms with E-state index in [4.69, 9.17) is 10.5 Å². The molecule has 1 saturated heterocycles. The van der Waals surface area contributed by atoms with Crippen molar-refractivity contribution in [1.29, 1.82) is 0 Å². The first kappa shape index (κ1) is 34.9. The van der Waals surface area contributed by atoms with Gasteiger partial charge in [0, 0.05) is 37.3 Å². The van der Waals surface area contributed by atoms with E-state index >= 15 is 0 Å². The van der Waals surface area contributed by atoms with Gasteiger partial charge in [0.05, 0.1) is 12.0 Å². The molecular formula is C35H47N5O5S. The van der Waals surface area contributed by atoms with E-state index in [1.807, 2.05) is 60.7 Å². The van der Waals surface area contributed by atoms with Gasteiger partial charge in [-0.25, -0.2) is 13.2 Å². The van der Waals surface area contributed by atoms with E-state index in [1.54, 1.807) is 28.6 Å². The predicted octanol–water partition coefficient (Wildman–Crippen LogP) is 4.35. The third-order valence-electron chi connectivity index (χ3n) is 8.53. The highest BCUT2D eigenvalue weighted by Gasteiger charge is 2.39. The number of rotatable bonds is 15. The van der Waals surface area contributed by atoms with Crippen molar-refractivity contribution in [3.05, 3.63) is 96.1 Å². The molecule has 0 bridgehead atoms. The van der Waals surface area contributed by atoms with E-state index in [1.165, 1.54) is 7.11 Å². The summed E-state index contributed by atoms with van der Waals surface area (Å²) in [6.45, 7) is 6.21. The second-order valence-electron chi connectivity index (χ2n) is 12.2. The summed E-state index contributed by atoms with van der Waals surface area (Å²) in [4.78, 5) is 26.4. The summed E-state index contributed by atoms with van der Waals surface area (Å²) in [6.07, 6.45) is 1.40. The first-order chi connectivity index (χ1) is 22.1. The number of hydrogen-bond donors (Lipinski definition) is 4. The summed E-state index contributed by atoms with van der Waals surface area (Å²) in [6, 6.07) is 24.4. The van der Waals surface area contributed by atoms with Crippen molar-refractivity contribution < 1.29 is 22.7 Å². The van der Waals surface area contributed by atoms with Gasteiger partial charge in [-0.15, -0.1) is 0 Å². The van der Waals surface area contributed by atoms with Crippen molar-refractivity contribution in [3.63, 3.8) is 0 Å². The molecule has 3 aromatic carbocycles. The van der Waals surface area contributed by atoms with Crippen LogP contribution in [0.1, 0.15) is 50.2 Å². The van der Waals surface area contributed by atoms with E-state index < -0.39 is 28.1 Å². The van der Waals surface area contributed by atoms with Gasteiger partial charge in [-0.05, 0) is 73.0 Å². The predicted molar refractivity (Wildman–Crippen MR) is 181 cm³/mol.